The van der Waals surface area contributed by atoms with Crippen LogP contribution in [-0.4, -0.2) is 23.6 Å². The van der Waals surface area contributed by atoms with Crippen LogP contribution in [0.15, 0.2) is 35.0 Å². The highest BCUT2D eigenvalue weighted by Crippen LogP contribution is 2.31. The minimum atomic E-state index is -0.592. The number of hydrogen-bond acceptors (Lipinski definition) is 3. The van der Waals surface area contributed by atoms with Gasteiger partial charge >= 0.3 is 0 Å². The lowest BCUT2D eigenvalue weighted by molar-refractivity contribution is 0.148. The number of thiophene rings is 1. The first-order valence-electron chi connectivity index (χ1n) is 6.39. The second kappa shape index (κ2) is 7.43. The molecule has 1 aromatic carbocycles. The summed E-state index contributed by atoms with van der Waals surface area (Å²) in [5.74, 6) is 0. The van der Waals surface area contributed by atoms with Gasteiger partial charge in [-0.3, -0.25) is 0 Å². The quantitative estimate of drug-likeness (QED) is 0.836. The van der Waals surface area contributed by atoms with Crippen LogP contribution in [0.2, 0.25) is 10.0 Å². The zero-order chi connectivity index (χ0) is 14.5. The monoisotopic (exact) mass is 329 g/mol. The number of halogens is 2. The molecule has 1 N–H and O–H groups in total. The zero-order valence-corrected chi connectivity index (χ0v) is 13.5. The van der Waals surface area contributed by atoms with Gasteiger partial charge in [0.15, 0.2) is 0 Å². The molecule has 0 bridgehead atoms. The minimum absolute atomic E-state index is 0.446. The van der Waals surface area contributed by atoms with E-state index in [-0.39, 0.29) is 0 Å². The summed E-state index contributed by atoms with van der Waals surface area (Å²) in [6.45, 7) is 1.68. The Kier molecular flexibility index (Phi) is 5.87. The van der Waals surface area contributed by atoms with Gasteiger partial charge in [-0.25, -0.2) is 0 Å². The van der Waals surface area contributed by atoms with Gasteiger partial charge in [0.05, 0.1) is 16.1 Å². The molecule has 5 heteroatoms. The number of nitrogens with zero attached hydrogens (tertiary/aromatic N) is 1. The number of rotatable bonds is 6. The van der Waals surface area contributed by atoms with E-state index in [9.17, 15) is 5.11 Å². The van der Waals surface area contributed by atoms with E-state index >= 15 is 0 Å². The topological polar surface area (TPSA) is 23.5 Å². The van der Waals surface area contributed by atoms with Gasteiger partial charge < -0.3 is 10.0 Å². The van der Waals surface area contributed by atoms with Crippen LogP contribution in [0, 0.1) is 0 Å². The molecule has 0 amide bonds. The van der Waals surface area contributed by atoms with E-state index in [2.05, 4.69) is 21.7 Å². The van der Waals surface area contributed by atoms with Crippen molar-refractivity contribution in [3.63, 3.8) is 0 Å². The Balaban J connectivity index is 1.88. The molecule has 0 radical (unpaired) electrons. The fraction of sp³-hybridized carbons (Fsp3) is 0.333. The first-order chi connectivity index (χ1) is 9.58. The minimum Gasteiger partial charge on any atom is -0.388 e. The Hall–Kier alpha value is -0.580. The Bertz CT molecular complexity index is 545. The van der Waals surface area contributed by atoms with Crippen LogP contribution < -0.4 is 0 Å². The summed E-state index contributed by atoms with van der Waals surface area (Å²) in [4.78, 5) is 2.18. The predicted octanol–water partition coefficient (Wildman–Crippen LogP) is 4.61. The van der Waals surface area contributed by atoms with Gasteiger partial charge in [-0.2, -0.15) is 11.3 Å². The molecule has 1 aromatic heterocycles. The summed E-state index contributed by atoms with van der Waals surface area (Å²) >= 11 is 13.8. The summed E-state index contributed by atoms with van der Waals surface area (Å²) in [5, 5.41) is 15.4. The molecule has 2 aromatic rings. The third kappa shape index (κ3) is 4.21. The molecule has 0 aliphatic carbocycles. The van der Waals surface area contributed by atoms with E-state index in [0.717, 1.165) is 13.1 Å². The zero-order valence-electron chi connectivity index (χ0n) is 11.2. The Labute approximate surface area is 133 Å². The maximum Gasteiger partial charge on any atom is 0.0817 e. The maximum absolute atomic E-state index is 10.2. The van der Waals surface area contributed by atoms with Crippen LogP contribution in [-0.2, 0) is 6.54 Å². The third-order valence-electron chi connectivity index (χ3n) is 3.16. The summed E-state index contributed by atoms with van der Waals surface area (Å²) in [5.41, 5.74) is 2.00. The van der Waals surface area contributed by atoms with E-state index in [0.29, 0.717) is 22.0 Å². The van der Waals surface area contributed by atoms with Gasteiger partial charge in [0, 0.05) is 18.7 Å². The van der Waals surface area contributed by atoms with E-state index in [1.54, 1.807) is 17.4 Å². The molecule has 1 heterocycles. The van der Waals surface area contributed by atoms with E-state index < -0.39 is 6.10 Å². The molecule has 0 aliphatic rings. The van der Waals surface area contributed by atoms with Gasteiger partial charge in [-0.05, 0) is 41.9 Å². The molecule has 0 aliphatic heterocycles. The first kappa shape index (κ1) is 15.8. The average molecular weight is 330 g/mol. The highest BCUT2D eigenvalue weighted by molar-refractivity contribution is 7.07. The Morgan fingerprint density at radius 3 is 2.80 bits per heavy atom. The molecule has 108 valence electrons. The van der Waals surface area contributed by atoms with Crippen LogP contribution in [0.25, 0.3) is 0 Å². The van der Waals surface area contributed by atoms with Gasteiger partial charge in [0.25, 0.3) is 0 Å². The molecule has 0 saturated carbocycles. The molecule has 0 saturated heterocycles. The van der Waals surface area contributed by atoms with E-state index in [1.165, 1.54) is 5.56 Å². The molecule has 1 unspecified atom stereocenters. The molecule has 0 fully saturated rings. The van der Waals surface area contributed by atoms with Gasteiger partial charge in [0.2, 0.25) is 0 Å². The SMILES string of the molecule is CN(CCC(O)c1cccc(Cl)c1Cl)Cc1ccsc1. The number of aliphatic hydroxyl groups excluding tert-OH is 1. The largest absolute Gasteiger partial charge is 0.388 e. The van der Waals surface area contributed by atoms with Gasteiger partial charge in [0.1, 0.15) is 0 Å². The van der Waals surface area contributed by atoms with Crippen molar-refractivity contribution >= 4 is 34.5 Å². The van der Waals surface area contributed by atoms with Crippen LogP contribution in [0.3, 0.4) is 0 Å². The second-order valence-electron chi connectivity index (χ2n) is 4.82. The van der Waals surface area contributed by atoms with Crippen molar-refractivity contribution in [2.24, 2.45) is 0 Å². The Morgan fingerprint density at radius 1 is 1.30 bits per heavy atom. The number of aliphatic hydroxyl groups is 1. The predicted molar refractivity (Wildman–Crippen MR) is 86.7 cm³/mol. The second-order valence-corrected chi connectivity index (χ2v) is 6.38. The van der Waals surface area contributed by atoms with Gasteiger partial charge in [-0.15, -0.1) is 0 Å². The van der Waals surface area contributed by atoms with Crippen molar-refractivity contribution in [3.05, 3.63) is 56.2 Å². The third-order valence-corrected chi connectivity index (χ3v) is 4.72. The molecule has 2 rings (SSSR count). The summed E-state index contributed by atoms with van der Waals surface area (Å²) in [6.07, 6.45) is 0.0341. The van der Waals surface area contributed by atoms with Crippen molar-refractivity contribution in [2.45, 2.75) is 19.1 Å². The molecule has 2 nitrogen and oxygen atoms in total. The highest BCUT2D eigenvalue weighted by atomic mass is 35.5. The van der Waals surface area contributed by atoms with Crippen molar-refractivity contribution in [2.75, 3.05) is 13.6 Å². The summed E-state index contributed by atoms with van der Waals surface area (Å²) < 4.78 is 0. The van der Waals surface area contributed by atoms with Crippen LogP contribution in [0.1, 0.15) is 23.7 Å². The molecular formula is C15H17Cl2NOS. The van der Waals surface area contributed by atoms with Crippen LogP contribution in [0.4, 0.5) is 0 Å². The van der Waals surface area contributed by atoms with Crippen LogP contribution in [0.5, 0.6) is 0 Å². The highest BCUT2D eigenvalue weighted by Gasteiger charge is 2.14. The van der Waals surface area contributed by atoms with Crippen molar-refractivity contribution in [1.82, 2.24) is 4.90 Å². The van der Waals surface area contributed by atoms with Crippen molar-refractivity contribution in [1.29, 1.82) is 0 Å². The smallest absolute Gasteiger partial charge is 0.0817 e. The molecular weight excluding hydrogens is 313 g/mol. The van der Waals surface area contributed by atoms with Crippen molar-refractivity contribution < 1.29 is 5.11 Å². The molecule has 20 heavy (non-hydrogen) atoms. The first-order valence-corrected chi connectivity index (χ1v) is 8.09. The number of hydrogen-bond donors (Lipinski definition) is 1. The van der Waals surface area contributed by atoms with Crippen LogP contribution >= 0.6 is 34.5 Å². The maximum atomic E-state index is 10.2. The fourth-order valence-electron chi connectivity index (χ4n) is 2.05. The van der Waals surface area contributed by atoms with Gasteiger partial charge in [-0.1, -0.05) is 35.3 Å². The standard InChI is InChI=1S/C15H17Cl2NOS/c1-18(9-11-6-8-20-10-11)7-5-14(19)12-3-2-4-13(16)15(12)17/h2-4,6,8,10,14,19H,5,7,9H2,1H3. The Morgan fingerprint density at radius 2 is 2.10 bits per heavy atom. The summed E-state index contributed by atoms with van der Waals surface area (Å²) in [7, 11) is 2.05. The lowest BCUT2D eigenvalue weighted by atomic mass is 10.1. The molecule has 0 spiro atoms. The van der Waals surface area contributed by atoms with Crippen molar-refractivity contribution in [3.8, 4) is 0 Å². The normalized spacial score (nSPS) is 12.8. The lowest BCUT2D eigenvalue weighted by Gasteiger charge is -2.19. The molecule has 1 atom stereocenters. The summed E-state index contributed by atoms with van der Waals surface area (Å²) in [6, 6.07) is 7.47. The fourth-order valence-corrected chi connectivity index (χ4v) is 3.14. The number of benzene rings is 1. The van der Waals surface area contributed by atoms with E-state index in [1.807, 2.05) is 19.2 Å². The van der Waals surface area contributed by atoms with E-state index in [4.69, 9.17) is 23.2 Å². The lowest BCUT2D eigenvalue weighted by Crippen LogP contribution is -2.20. The average Bonchev–Trinajstić information content (AvgIpc) is 2.92.